The number of methoxy groups -OCH3 is 1. The third-order valence-corrected chi connectivity index (χ3v) is 3.58. The van der Waals surface area contributed by atoms with Crippen molar-refractivity contribution in [2.75, 3.05) is 13.7 Å². The molecule has 15 heavy (non-hydrogen) atoms. The normalized spacial score (nSPS) is 19.9. The molecule has 3 nitrogen and oxygen atoms in total. The number of rotatable bonds is 5. The van der Waals surface area contributed by atoms with Crippen LogP contribution < -0.4 is 4.84 Å². The molecule has 0 radical (unpaired) electrons. The average Bonchev–Trinajstić information content (AvgIpc) is 2.28. The molecule has 1 saturated carbocycles. The van der Waals surface area contributed by atoms with Crippen molar-refractivity contribution >= 4 is 17.7 Å². The van der Waals surface area contributed by atoms with Gasteiger partial charge in [-0.05, 0) is 36.5 Å². The molecule has 88 valence electrons. The van der Waals surface area contributed by atoms with Crippen LogP contribution in [0.4, 0.5) is 0 Å². The van der Waals surface area contributed by atoms with Gasteiger partial charge in [0, 0.05) is 13.0 Å². The van der Waals surface area contributed by atoms with E-state index in [4.69, 9.17) is 11.8 Å². The minimum atomic E-state index is -0.116. The second kappa shape index (κ2) is 6.33. The molecule has 1 fully saturated rings. The third-order valence-electron chi connectivity index (χ3n) is 3.44. The van der Waals surface area contributed by atoms with E-state index in [1.54, 1.807) is 0 Å². The van der Waals surface area contributed by atoms with E-state index in [2.05, 4.69) is 9.57 Å². The minimum Gasteiger partial charge on any atom is -0.469 e. The fourth-order valence-electron chi connectivity index (χ4n) is 2.43. The molecule has 4 heteroatoms. The molecule has 0 spiro atoms. The lowest BCUT2D eigenvalue weighted by atomic mass is 9.71. The van der Waals surface area contributed by atoms with E-state index in [0.717, 1.165) is 13.0 Å². The Hall–Kier alpha value is -0.280. The number of hydrogen-bond acceptors (Lipinski definition) is 3. The summed E-state index contributed by atoms with van der Waals surface area (Å²) in [4.78, 5) is 13.9. The van der Waals surface area contributed by atoms with Gasteiger partial charge in [-0.25, -0.2) is 4.84 Å². The number of nitrogens with one attached hydrogen (secondary N) is 1. The molecule has 1 N–H and O–H groups in total. The SMILES string of the molecule is COC(=O)CCC1(CNCl)CCCCC1. The van der Waals surface area contributed by atoms with Gasteiger partial charge < -0.3 is 4.74 Å². The number of halogens is 1. The van der Waals surface area contributed by atoms with Gasteiger partial charge >= 0.3 is 5.97 Å². The molecule has 0 bridgehead atoms. The van der Waals surface area contributed by atoms with Crippen molar-refractivity contribution in [1.82, 2.24) is 4.84 Å². The van der Waals surface area contributed by atoms with Gasteiger partial charge in [-0.3, -0.25) is 4.79 Å². The molecule has 0 unspecified atom stereocenters. The first-order chi connectivity index (χ1) is 7.22. The summed E-state index contributed by atoms with van der Waals surface area (Å²) in [7, 11) is 1.44. The van der Waals surface area contributed by atoms with Gasteiger partial charge in [-0.2, -0.15) is 0 Å². The van der Waals surface area contributed by atoms with Crippen molar-refractivity contribution in [3.63, 3.8) is 0 Å². The van der Waals surface area contributed by atoms with Crippen LogP contribution in [-0.4, -0.2) is 19.6 Å². The van der Waals surface area contributed by atoms with E-state index in [1.165, 1.54) is 39.2 Å². The summed E-state index contributed by atoms with van der Waals surface area (Å²) < 4.78 is 4.67. The molecule has 0 aromatic rings. The lowest BCUT2D eigenvalue weighted by Crippen LogP contribution is -2.33. The maximum Gasteiger partial charge on any atom is 0.305 e. The molecule has 1 aliphatic carbocycles. The van der Waals surface area contributed by atoms with Crippen molar-refractivity contribution in [2.24, 2.45) is 5.41 Å². The molecule has 0 atom stereocenters. The van der Waals surface area contributed by atoms with Crippen LogP contribution in [0.1, 0.15) is 44.9 Å². The monoisotopic (exact) mass is 233 g/mol. The Morgan fingerprint density at radius 3 is 2.60 bits per heavy atom. The maximum absolute atomic E-state index is 11.1. The zero-order chi connectivity index (χ0) is 11.1. The first-order valence-corrected chi connectivity index (χ1v) is 6.00. The molecule has 0 aliphatic heterocycles. The molecule has 0 saturated heterocycles. The van der Waals surface area contributed by atoms with Crippen LogP contribution in [0.5, 0.6) is 0 Å². The smallest absolute Gasteiger partial charge is 0.305 e. The van der Waals surface area contributed by atoms with Crippen LogP contribution in [0.15, 0.2) is 0 Å². The van der Waals surface area contributed by atoms with E-state index < -0.39 is 0 Å². The van der Waals surface area contributed by atoms with Crippen molar-refractivity contribution in [2.45, 2.75) is 44.9 Å². The molecule has 0 aromatic carbocycles. The highest BCUT2D eigenvalue weighted by Crippen LogP contribution is 2.39. The Labute approximate surface area is 96.6 Å². The van der Waals surface area contributed by atoms with Crippen molar-refractivity contribution in [3.05, 3.63) is 0 Å². The summed E-state index contributed by atoms with van der Waals surface area (Å²) in [6.07, 6.45) is 7.55. The Kier molecular flexibility index (Phi) is 5.40. The molecule has 1 rings (SSSR count). The molecule has 1 aliphatic rings. The number of ether oxygens (including phenoxy) is 1. The van der Waals surface area contributed by atoms with Crippen LogP contribution in [0.3, 0.4) is 0 Å². The highest BCUT2D eigenvalue weighted by atomic mass is 35.5. The van der Waals surface area contributed by atoms with Gasteiger partial charge in [0.2, 0.25) is 0 Å². The maximum atomic E-state index is 11.1. The predicted molar refractivity (Wildman–Crippen MR) is 60.6 cm³/mol. The van der Waals surface area contributed by atoms with Crippen molar-refractivity contribution in [1.29, 1.82) is 0 Å². The topological polar surface area (TPSA) is 38.3 Å². The summed E-state index contributed by atoms with van der Waals surface area (Å²) in [5.41, 5.74) is 0.216. The average molecular weight is 234 g/mol. The second-order valence-corrected chi connectivity index (χ2v) is 4.71. The van der Waals surface area contributed by atoms with Crippen LogP contribution in [0.25, 0.3) is 0 Å². The number of esters is 1. The van der Waals surface area contributed by atoms with E-state index in [1.807, 2.05) is 0 Å². The Bertz CT molecular complexity index is 197. The largest absolute Gasteiger partial charge is 0.469 e. The zero-order valence-electron chi connectivity index (χ0n) is 9.35. The van der Waals surface area contributed by atoms with Gasteiger partial charge in [0.05, 0.1) is 7.11 Å². The first-order valence-electron chi connectivity index (χ1n) is 5.63. The summed E-state index contributed by atoms with van der Waals surface area (Å²) in [5.74, 6) is -0.116. The Morgan fingerprint density at radius 2 is 2.07 bits per heavy atom. The third kappa shape index (κ3) is 3.99. The zero-order valence-corrected chi connectivity index (χ0v) is 10.1. The minimum absolute atomic E-state index is 0.116. The lowest BCUT2D eigenvalue weighted by Gasteiger charge is -2.36. The number of carbonyl (C=O) groups excluding carboxylic acids is 1. The van der Waals surface area contributed by atoms with Gasteiger partial charge in [-0.1, -0.05) is 19.3 Å². The fraction of sp³-hybridized carbons (Fsp3) is 0.909. The van der Waals surface area contributed by atoms with Crippen LogP contribution >= 0.6 is 11.8 Å². The second-order valence-electron chi connectivity index (χ2n) is 4.45. The van der Waals surface area contributed by atoms with Crippen molar-refractivity contribution < 1.29 is 9.53 Å². The molecule has 0 amide bonds. The standard InChI is InChI=1S/C11H20ClNO2/c1-15-10(14)5-8-11(9-13-12)6-3-2-4-7-11/h13H,2-9H2,1H3. The lowest BCUT2D eigenvalue weighted by molar-refractivity contribution is -0.141. The number of hydrogen-bond donors (Lipinski definition) is 1. The van der Waals surface area contributed by atoms with E-state index in [9.17, 15) is 4.79 Å². The number of carbonyl (C=O) groups is 1. The van der Waals surface area contributed by atoms with Crippen LogP contribution in [0.2, 0.25) is 0 Å². The highest BCUT2D eigenvalue weighted by Gasteiger charge is 2.31. The fourth-order valence-corrected chi connectivity index (χ4v) is 2.71. The summed E-state index contributed by atoms with van der Waals surface area (Å²) in [6, 6.07) is 0. The molecular weight excluding hydrogens is 214 g/mol. The van der Waals surface area contributed by atoms with E-state index in [-0.39, 0.29) is 11.4 Å². The summed E-state index contributed by atoms with van der Waals surface area (Å²) >= 11 is 5.61. The summed E-state index contributed by atoms with van der Waals surface area (Å²) in [5, 5.41) is 0. The van der Waals surface area contributed by atoms with E-state index in [0.29, 0.717) is 6.42 Å². The van der Waals surface area contributed by atoms with Gasteiger partial charge in [-0.15, -0.1) is 0 Å². The Balaban J connectivity index is 2.44. The predicted octanol–water partition coefficient (Wildman–Crippen LogP) is 2.63. The van der Waals surface area contributed by atoms with E-state index >= 15 is 0 Å². The van der Waals surface area contributed by atoms with Gasteiger partial charge in [0.25, 0.3) is 0 Å². The first kappa shape index (κ1) is 12.8. The van der Waals surface area contributed by atoms with Gasteiger partial charge in [0.1, 0.15) is 0 Å². The van der Waals surface area contributed by atoms with Crippen molar-refractivity contribution in [3.8, 4) is 0 Å². The Morgan fingerprint density at radius 1 is 1.40 bits per heavy atom. The molecule has 0 aromatic heterocycles. The highest BCUT2D eigenvalue weighted by molar-refractivity contribution is 6.13. The van der Waals surface area contributed by atoms with Crippen LogP contribution in [-0.2, 0) is 9.53 Å². The molecule has 0 heterocycles. The van der Waals surface area contributed by atoms with Crippen LogP contribution in [0, 0.1) is 5.41 Å². The summed E-state index contributed by atoms with van der Waals surface area (Å²) in [6.45, 7) is 0.797. The molecular formula is C11H20ClNO2. The quantitative estimate of drug-likeness (QED) is 0.586. The van der Waals surface area contributed by atoms with Gasteiger partial charge in [0.15, 0.2) is 0 Å².